The van der Waals surface area contributed by atoms with E-state index in [-0.39, 0.29) is 11.7 Å². The van der Waals surface area contributed by atoms with Gasteiger partial charge in [0.05, 0.1) is 5.75 Å². The minimum Gasteiger partial charge on any atom is -0.341 e. The molecular weight excluding hydrogens is 286 g/mol. The van der Waals surface area contributed by atoms with Crippen LogP contribution < -0.4 is 5.84 Å². The van der Waals surface area contributed by atoms with Crippen LogP contribution in [-0.4, -0.2) is 38.5 Å². The highest BCUT2D eigenvalue weighted by molar-refractivity contribution is 7.99. The molecule has 1 heterocycles. The minimum absolute atomic E-state index is 0.0314. The molecule has 0 fully saturated rings. The van der Waals surface area contributed by atoms with Gasteiger partial charge in [0.1, 0.15) is 5.82 Å². The van der Waals surface area contributed by atoms with Crippen LogP contribution in [0.4, 0.5) is 0 Å². The van der Waals surface area contributed by atoms with Crippen molar-refractivity contribution in [3.05, 3.63) is 41.2 Å². The number of aryl methyl sites for hydroxylation is 2. The Morgan fingerprint density at radius 3 is 2.67 bits per heavy atom. The zero-order valence-corrected chi connectivity index (χ0v) is 13.2. The largest absolute Gasteiger partial charge is 0.341 e. The van der Waals surface area contributed by atoms with E-state index in [1.165, 1.54) is 22.0 Å². The first-order valence-electron chi connectivity index (χ1n) is 6.57. The van der Waals surface area contributed by atoms with Gasteiger partial charge in [-0.1, -0.05) is 36.0 Å². The number of nitrogens with zero attached hydrogens (tertiary/aromatic N) is 4. The summed E-state index contributed by atoms with van der Waals surface area (Å²) < 4.78 is 1.39. The van der Waals surface area contributed by atoms with E-state index in [9.17, 15) is 4.79 Å². The zero-order valence-electron chi connectivity index (χ0n) is 12.4. The number of nitrogens with two attached hydrogens (primary N) is 1. The molecule has 0 bridgehead atoms. The smallest absolute Gasteiger partial charge is 0.233 e. The molecule has 2 rings (SSSR count). The van der Waals surface area contributed by atoms with Crippen LogP contribution in [0.3, 0.4) is 0 Å². The van der Waals surface area contributed by atoms with Crippen LogP contribution in [0.2, 0.25) is 0 Å². The summed E-state index contributed by atoms with van der Waals surface area (Å²) in [5.41, 5.74) is 2.33. The van der Waals surface area contributed by atoms with Crippen molar-refractivity contribution in [1.82, 2.24) is 19.8 Å². The predicted octanol–water partition coefficient (Wildman–Crippen LogP) is 1.36. The lowest BCUT2D eigenvalue weighted by Crippen LogP contribution is -2.28. The number of thioether (sulfide) groups is 1. The molecule has 21 heavy (non-hydrogen) atoms. The SMILES string of the molecule is Cc1ccccc1CN(C)C(=O)CSc1nnc(C)n1N. The monoisotopic (exact) mass is 305 g/mol. The quantitative estimate of drug-likeness (QED) is 0.666. The number of hydrogen-bond donors (Lipinski definition) is 1. The zero-order chi connectivity index (χ0) is 15.4. The molecule has 0 atom stereocenters. The summed E-state index contributed by atoms with van der Waals surface area (Å²) in [7, 11) is 1.80. The molecule has 0 saturated carbocycles. The second kappa shape index (κ2) is 6.62. The summed E-state index contributed by atoms with van der Waals surface area (Å²) in [6, 6.07) is 8.05. The van der Waals surface area contributed by atoms with Crippen molar-refractivity contribution in [3.8, 4) is 0 Å². The second-order valence-electron chi connectivity index (χ2n) is 4.86. The van der Waals surface area contributed by atoms with Gasteiger partial charge in [0, 0.05) is 13.6 Å². The van der Waals surface area contributed by atoms with E-state index in [0.29, 0.717) is 17.5 Å². The summed E-state index contributed by atoms with van der Waals surface area (Å²) in [6.07, 6.45) is 0. The third-order valence-corrected chi connectivity index (χ3v) is 4.18. The molecule has 1 aromatic carbocycles. The molecule has 1 aromatic heterocycles. The molecule has 7 heteroatoms. The Morgan fingerprint density at radius 2 is 2.05 bits per heavy atom. The Bertz CT molecular complexity index is 640. The summed E-state index contributed by atoms with van der Waals surface area (Å²) in [5, 5.41) is 8.33. The average molecular weight is 305 g/mol. The number of aromatic nitrogens is 3. The van der Waals surface area contributed by atoms with Crippen molar-refractivity contribution < 1.29 is 4.79 Å². The Morgan fingerprint density at radius 1 is 1.33 bits per heavy atom. The topological polar surface area (TPSA) is 77.0 Å². The van der Waals surface area contributed by atoms with Crippen LogP contribution in [0, 0.1) is 13.8 Å². The number of nitrogen functional groups attached to an aromatic ring is 1. The Balaban J connectivity index is 1.91. The molecule has 1 amide bonds. The lowest BCUT2D eigenvalue weighted by Gasteiger charge is -2.18. The first kappa shape index (κ1) is 15.4. The number of carbonyl (C=O) groups excluding carboxylic acids is 1. The fraction of sp³-hybridized carbons (Fsp3) is 0.357. The standard InChI is InChI=1S/C14H19N5OS/c1-10-6-4-5-7-12(10)8-18(3)13(20)9-21-14-17-16-11(2)19(14)15/h4-7H,8-9,15H2,1-3H3. The number of carbonyl (C=O) groups is 1. The van der Waals surface area contributed by atoms with Crippen molar-refractivity contribution in [1.29, 1.82) is 0 Å². The van der Waals surface area contributed by atoms with Gasteiger partial charge in [0.15, 0.2) is 0 Å². The third-order valence-electron chi connectivity index (χ3n) is 3.25. The van der Waals surface area contributed by atoms with Gasteiger partial charge in [0.2, 0.25) is 11.1 Å². The van der Waals surface area contributed by atoms with Gasteiger partial charge in [-0.15, -0.1) is 10.2 Å². The number of hydrogen-bond acceptors (Lipinski definition) is 5. The van der Waals surface area contributed by atoms with Crippen LogP contribution in [0.15, 0.2) is 29.4 Å². The Hall–Kier alpha value is -2.02. The first-order chi connectivity index (χ1) is 9.99. The number of rotatable bonds is 5. The lowest BCUT2D eigenvalue weighted by atomic mass is 10.1. The van der Waals surface area contributed by atoms with Gasteiger partial charge in [-0.05, 0) is 25.0 Å². The second-order valence-corrected chi connectivity index (χ2v) is 5.81. The maximum atomic E-state index is 12.2. The van der Waals surface area contributed by atoms with Crippen LogP contribution >= 0.6 is 11.8 Å². The van der Waals surface area contributed by atoms with E-state index in [2.05, 4.69) is 10.2 Å². The van der Waals surface area contributed by atoms with Crippen molar-refractivity contribution >= 4 is 17.7 Å². The average Bonchev–Trinajstić information content (AvgIpc) is 2.78. The molecule has 0 aliphatic rings. The third kappa shape index (κ3) is 3.75. The lowest BCUT2D eigenvalue weighted by molar-refractivity contribution is -0.127. The maximum Gasteiger partial charge on any atom is 0.233 e. The maximum absolute atomic E-state index is 12.2. The molecule has 112 valence electrons. The molecule has 2 N–H and O–H groups in total. The highest BCUT2D eigenvalue weighted by atomic mass is 32.2. The van der Waals surface area contributed by atoms with Gasteiger partial charge in [-0.3, -0.25) is 4.79 Å². The summed E-state index contributed by atoms with van der Waals surface area (Å²) in [4.78, 5) is 13.9. The highest BCUT2D eigenvalue weighted by Gasteiger charge is 2.13. The van der Waals surface area contributed by atoms with E-state index in [4.69, 9.17) is 5.84 Å². The first-order valence-corrected chi connectivity index (χ1v) is 7.56. The number of benzene rings is 1. The van der Waals surface area contributed by atoms with Crippen molar-refractivity contribution in [3.63, 3.8) is 0 Å². The molecular formula is C14H19N5OS. The fourth-order valence-corrected chi connectivity index (χ4v) is 2.66. The number of amides is 1. The van der Waals surface area contributed by atoms with E-state index in [1.54, 1.807) is 18.9 Å². The van der Waals surface area contributed by atoms with Crippen molar-refractivity contribution in [2.45, 2.75) is 25.5 Å². The van der Waals surface area contributed by atoms with Crippen LogP contribution in [0.1, 0.15) is 17.0 Å². The predicted molar refractivity (Wildman–Crippen MR) is 83.3 cm³/mol. The van der Waals surface area contributed by atoms with E-state index in [0.717, 1.165) is 5.56 Å². The van der Waals surface area contributed by atoms with Gasteiger partial charge in [-0.25, -0.2) is 4.68 Å². The molecule has 2 aromatic rings. The molecule has 0 aliphatic heterocycles. The normalized spacial score (nSPS) is 10.6. The Labute approximate surface area is 128 Å². The summed E-state index contributed by atoms with van der Waals surface area (Å²) in [5.74, 6) is 6.70. The van der Waals surface area contributed by atoms with Crippen LogP contribution in [0.25, 0.3) is 0 Å². The van der Waals surface area contributed by atoms with Gasteiger partial charge in [-0.2, -0.15) is 0 Å². The van der Waals surface area contributed by atoms with Crippen LogP contribution in [0.5, 0.6) is 0 Å². The summed E-state index contributed by atoms with van der Waals surface area (Å²) >= 11 is 1.29. The van der Waals surface area contributed by atoms with Gasteiger partial charge in [0.25, 0.3) is 0 Å². The van der Waals surface area contributed by atoms with Crippen molar-refractivity contribution in [2.75, 3.05) is 18.6 Å². The molecule has 0 saturated heterocycles. The van der Waals surface area contributed by atoms with Gasteiger partial charge >= 0.3 is 0 Å². The minimum atomic E-state index is 0.0314. The summed E-state index contributed by atoms with van der Waals surface area (Å²) in [6.45, 7) is 4.41. The fourth-order valence-electron chi connectivity index (χ4n) is 1.82. The molecule has 0 unspecified atom stereocenters. The van der Waals surface area contributed by atoms with Gasteiger partial charge < -0.3 is 10.7 Å². The Kier molecular flexibility index (Phi) is 4.85. The van der Waals surface area contributed by atoms with Crippen molar-refractivity contribution in [2.24, 2.45) is 0 Å². The van der Waals surface area contributed by atoms with E-state index >= 15 is 0 Å². The van der Waals surface area contributed by atoms with Crippen LogP contribution in [-0.2, 0) is 11.3 Å². The van der Waals surface area contributed by atoms with E-state index < -0.39 is 0 Å². The molecule has 6 nitrogen and oxygen atoms in total. The molecule has 0 radical (unpaired) electrons. The van der Waals surface area contributed by atoms with E-state index in [1.807, 2.05) is 31.2 Å². The highest BCUT2D eigenvalue weighted by Crippen LogP contribution is 2.16. The molecule has 0 spiro atoms. The molecule has 0 aliphatic carbocycles.